The molecule has 138 valence electrons. The number of ether oxygens (including phenoxy) is 1. The van der Waals surface area contributed by atoms with E-state index in [0.717, 1.165) is 59.0 Å². The van der Waals surface area contributed by atoms with Crippen LogP contribution in [-0.2, 0) is 4.74 Å². The topological polar surface area (TPSA) is 99.9 Å². The molecular weight excluding hydrogens is 326 g/mol. The molecule has 0 spiro atoms. The summed E-state index contributed by atoms with van der Waals surface area (Å²) in [5, 5.41) is 14.8. The van der Waals surface area contributed by atoms with Crippen molar-refractivity contribution in [3.8, 4) is 0 Å². The Kier molecular flexibility index (Phi) is 5.95. The first-order valence-corrected chi connectivity index (χ1v) is 8.62. The maximum Gasteiger partial charge on any atom is 0.353 e. The fourth-order valence-electron chi connectivity index (χ4n) is 3.07. The van der Waals surface area contributed by atoms with Crippen LogP contribution in [0.1, 0.15) is 0 Å². The lowest BCUT2D eigenvalue weighted by Crippen LogP contribution is -2.45. The van der Waals surface area contributed by atoms with Gasteiger partial charge in [-0.2, -0.15) is 0 Å². The minimum Gasteiger partial charge on any atom is -0.379 e. The molecule has 0 unspecified atom stereocenters. The van der Waals surface area contributed by atoms with Gasteiger partial charge in [0, 0.05) is 52.4 Å². The fraction of sp³-hybridized carbons (Fsp3) is 0.733. The van der Waals surface area contributed by atoms with Crippen molar-refractivity contribution in [2.24, 2.45) is 0 Å². The van der Waals surface area contributed by atoms with Crippen LogP contribution >= 0.6 is 0 Å². The lowest BCUT2D eigenvalue weighted by molar-refractivity contribution is -0.383. The molecule has 3 rings (SSSR count). The van der Waals surface area contributed by atoms with Crippen LogP contribution in [0.4, 0.5) is 17.3 Å². The molecule has 1 aromatic rings. The van der Waals surface area contributed by atoms with Crippen molar-refractivity contribution in [3.05, 3.63) is 16.4 Å². The molecule has 0 saturated carbocycles. The van der Waals surface area contributed by atoms with E-state index in [9.17, 15) is 10.1 Å². The monoisotopic (exact) mass is 351 g/mol. The van der Waals surface area contributed by atoms with Gasteiger partial charge >= 0.3 is 5.69 Å². The zero-order chi connectivity index (χ0) is 17.6. The van der Waals surface area contributed by atoms with E-state index < -0.39 is 0 Å². The Labute approximate surface area is 146 Å². The van der Waals surface area contributed by atoms with Gasteiger partial charge in [-0.15, -0.1) is 0 Å². The van der Waals surface area contributed by atoms with Gasteiger partial charge in [0.15, 0.2) is 0 Å². The molecule has 25 heavy (non-hydrogen) atoms. The zero-order valence-corrected chi connectivity index (χ0v) is 14.6. The highest BCUT2D eigenvalue weighted by atomic mass is 16.6. The maximum atomic E-state index is 11.6. The quantitative estimate of drug-likeness (QED) is 0.555. The van der Waals surface area contributed by atoms with E-state index in [1.165, 1.54) is 6.33 Å². The van der Waals surface area contributed by atoms with Crippen LogP contribution in [0.3, 0.4) is 0 Å². The smallest absolute Gasteiger partial charge is 0.353 e. The van der Waals surface area contributed by atoms with Gasteiger partial charge < -0.3 is 19.9 Å². The standard InChI is InChI=1S/C15H25N7O3/c1-19-4-6-21(7-5-19)15-13(22(23)24)14(17-12-18-15)16-2-3-20-8-10-25-11-9-20/h12H,2-11H2,1H3,(H,16,17,18). The maximum absolute atomic E-state index is 11.6. The van der Waals surface area contributed by atoms with Gasteiger partial charge in [0.2, 0.25) is 11.6 Å². The van der Waals surface area contributed by atoms with Crippen LogP contribution < -0.4 is 10.2 Å². The van der Waals surface area contributed by atoms with E-state index in [0.29, 0.717) is 18.2 Å². The third kappa shape index (κ3) is 4.53. The van der Waals surface area contributed by atoms with Gasteiger partial charge in [-0.05, 0) is 7.05 Å². The molecule has 10 nitrogen and oxygen atoms in total. The number of anilines is 2. The average Bonchev–Trinajstić information content (AvgIpc) is 2.63. The molecule has 1 N–H and O–H groups in total. The highest BCUT2D eigenvalue weighted by Crippen LogP contribution is 2.32. The molecule has 10 heteroatoms. The lowest BCUT2D eigenvalue weighted by atomic mass is 10.3. The van der Waals surface area contributed by atoms with Gasteiger partial charge in [-0.3, -0.25) is 15.0 Å². The molecule has 3 heterocycles. The number of rotatable bonds is 6. The molecule has 2 aliphatic heterocycles. The molecule has 2 aliphatic rings. The number of morpholine rings is 1. The third-order valence-corrected chi connectivity index (χ3v) is 4.61. The summed E-state index contributed by atoms with van der Waals surface area (Å²) in [6.45, 7) is 7.82. The number of hydrogen-bond acceptors (Lipinski definition) is 9. The highest BCUT2D eigenvalue weighted by Gasteiger charge is 2.28. The molecule has 0 atom stereocenters. The summed E-state index contributed by atoms with van der Waals surface area (Å²) in [6, 6.07) is 0. The van der Waals surface area contributed by atoms with Crippen LogP contribution in [0.15, 0.2) is 6.33 Å². The number of aromatic nitrogens is 2. The number of nitrogens with one attached hydrogen (secondary N) is 1. The minimum atomic E-state index is -0.384. The molecule has 0 aromatic carbocycles. The molecule has 1 aromatic heterocycles. The normalized spacial score (nSPS) is 19.8. The first-order valence-electron chi connectivity index (χ1n) is 8.62. The minimum absolute atomic E-state index is 0.0333. The zero-order valence-electron chi connectivity index (χ0n) is 14.6. The van der Waals surface area contributed by atoms with Crippen molar-refractivity contribution in [2.75, 3.05) is 82.8 Å². The van der Waals surface area contributed by atoms with Crippen molar-refractivity contribution >= 4 is 17.3 Å². The fourth-order valence-corrected chi connectivity index (χ4v) is 3.07. The molecule has 0 aliphatic carbocycles. The predicted molar refractivity (Wildman–Crippen MR) is 94.1 cm³/mol. The summed E-state index contributed by atoms with van der Waals surface area (Å²) < 4.78 is 5.32. The second-order valence-corrected chi connectivity index (χ2v) is 6.32. The summed E-state index contributed by atoms with van der Waals surface area (Å²) in [5.74, 6) is 0.698. The largest absolute Gasteiger partial charge is 0.379 e. The van der Waals surface area contributed by atoms with Gasteiger partial charge in [-0.1, -0.05) is 0 Å². The van der Waals surface area contributed by atoms with Crippen LogP contribution in [0.25, 0.3) is 0 Å². The molecule has 0 bridgehead atoms. The second kappa shape index (κ2) is 8.37. The Bertz CT molecular complexity index is 586. The van der Waals surface area contributed by atoms with E-state index in [4.69, 9.17) is 4.74 Å². The van der Waals surface area contributed by atoms with Crippen LogP contribution in [0.5, 0.6) is 0 Å². The average molecular weight is 351 g/mol. The van der Waals surface area contributed by atoms with Crippen molar-refractivity contribution in [1.29, 1.82) is 0 Å². The first-order chi connectivity index (χ1) is 12.1. The summed E-state index contributed by atoms with van der Waals surface area (Å²) in [4.78, 5) is 26.0. The number of nitrogens with zero attached hydrogens (tertiary/aromatic N) is 6. The highest BCUT2D eigenvalue weighted by molar-refractivity contribution is 5.70. The van der Waals surface area contributed by atoms with Crippen molar-refractivity contribution in [2.45, 2.75) is 0 Å². The summed E-state index contributed by atoms with van der Waals surface area (Å²) in [7, 11) is 2.05. The van der Waals surface area contributed by atoms with Gasteiger partial charge in [0.25, 0.3) is 0 Å². The van der Waals surface area contributed by atoms with E-state index in [2.05, 4.69) is 25.1 Å². The number of hydrogen-bond donors (Lipinski definition) is 1. The summed E-state index contributed by atoms with van der Waals surface area (Å²) in [5.41, 5.74) is -0.0333. The van der Waals surface area contributed by atoms with Gasteiger partial charge in [0.1, 0.15) is 6.33 Å². The van der Waals surface area contributed by atoms with Crippen LogP contribution in [0, 0.1) is 10.1 Å². The molecule has 0 radical (unpaired) electrons. The SMILES string of the molecule is CN1CCN(c2ncnc(NCCN3CCOCC3)c2[N+](=O)[O-])CC1. The second-order valence-electron chi connectivity index (χ2n) is 6.32. The Balaban J connectivity index is 1.68. The first kappa shape index (κ1) is 17.8. The Morgan fingerprint density at radius 2 is 1.92 bits per heavy atom. The molecule has 0 amide bonds. The van der Waals surface area contributed by atoms with Crippen LogP contribution in [0.2, 0.25) is 0 Å². The number of piperazine rings is 1. The summed E-state index contributed by atoms with van der Waals surface area (Å²) >= 11 is 0. The van der Waals surface area contributed by atoms with Crippen molar-refractivity contribution in [1.82, 2.24) is 19.8 Å². The number of nitro groups is 1. The number of likely N-dealkylation sites (N-methyl/N-ethyl adjacent to an activating group) is 1. The third-order valence-electron chi connectivity index (χ3n) is 4.61. The van der Waals surface area contributed by atoms with E-state index in [-0.39, 0.29) is 10.6 Å². The molecule has 2 fully saturated rings. The lowest BCUT2D eigenvalue weighted by Gasteiger charge is -2.32. The van der Waals surface area contributed by atoms with E-state index >= 15 is 0 Å². The Morgan fingerprint density at radius 3 is 2.60 bits per heavy atom. The van der Waals surface area contributed by atoms with E-state index in [1.807, 2.05) is 11.9 Å². The van der Waals surface area contributed by atoms with Gasteiger partial charge in [0.05, 0.1) is 18.1 Å². The predicted octanol–water partition coefficient (Wildman–Crippen LogP) is -0.119. The van der Waals surface area contributed by atoms with Crippen LogP contribution in [-0.4, -0.2) is 97.3 Å². The Hall–Kier alpha value is -2.04. The molecular formula is C15H25N7O3. The van der Waals surface area contributed by atoms with E-state index in [1.54, 1.807) is 0 Å². The summed E-state index contributed by atoms with van der Waals surface area (Å²) in [6.07, 6.45) is 1.40. The van der Waals surface area contributed by atoms with Crippen molar-refractivity contribution in [3.63, 3.8) is 0 Å². The van der Waals surface area contributed by atoms with Crippen molar-refractivity contribution < 1.29 is 9.66 Å². The van der Waals surface area contributed by atoms with Gasteiger partial charge in [-0.25, -0.2) is 9.97 Å². The molecule has 2 saturated heterocycles. The Morgan fingerprint density at radius 1 is 1.20 bits per heavy atom.